The van der Waals surface area contributed by atoms with Crippen LogP contribution >= 0.6 is 0 Å². The van der Waals surface area contributed by atoms with Gasteiger partial charge in [0.15, 0.2) is 0 Å². The molecule has 27 heavy (non-hydrogen) atoms. The molecule has 0 aromatic heterocycles. The van der Waals surface area contributed by atoms with Crippen LogP contribution < -0.4 is 0 Å². The Morgan fingerprint density at radius 3 is 1.96 bits per heavy atom. The summed E-state index contributed by atoms with van der Waals surface area (Å²) >= 11 is 0. The standard InChI is InChI=1S/C23H39F3O/c1-8-9-10-17(2)11-12-18(3)19(4)13-14-20(5)21(6)15-16-22(7)27-23(24,25)26/h15-20H,6-14H2,1-5H3/b16-15-. The first kappa shape index (κ1) is 25.8. The Bertz CT molecular complexity index is 465. The second-order valence-corrected chi connectivity index (χ2v) is 8.18. The molecule has 0 radical (unpaired) electrons. The lowest BCUT2D eigenvalue weighted by atomic mass is 9.83. The normalized spacial score (nSPS) is 16.7. The molecule has 4 heteroatoms. The van der Waals surface area contributed by atoms with Gasteiger partial charge in [-0.05, 0) is 42.6 Å². The van der Waals surface area contributed by atoms with E-state index in [0.717, 1.165) is 24.3 Å². The van der Waals surface area contributed by atoms with E-state index in [1.807, 2.05) is 0 Å². The predicted octanol–water partition coefficient (Wildman–Crippen LogP) is 8.44. The van der Waals surface area contributed by atoms with Gasteiger partial charge in [-0.15, -0.1) is 13.2 Å². The zero-order valence-corrected chi connectivity index (χ0v) is 17.9. The van der Waals surface area contributed by atoms with E-state index in [1.54, 1.807) is 6.08 Å². The molecule has 0 amide bonds. The van der Waals surface area contributed by atoms with Gasteiger partial charge in [0.2, 0.25) is 0 Å². The van der Waals surface area contributed by atoms with Crippen molar-refractivity contribution >= 4 is 0 Å². The number of alkyl halides is 3. The molecule has 4 unspecified atom stereocenters. The van der Waals surface area contributed by atoms with Crippen LogP contribution in [0.15, 0.2) is 36.6 Å². The van der Waals surface area contributed by atoms with Crippen molar-refractivity contribution in [3.05, 3.63) is 36.6 Å². The summed E-state index contributed by atoms with van der Waals surface area (Å²) in [6.45, 7) is 18.5. The molecule has 0 saturated carbocycles. The van der Waals surface area contributed by atoms with Gasteiger partial charge in [0, 0.05) is 0 Å². The van der Waals surface area contributed by atoms with Crippen LogP contribution in [0, 0.1) is 23.7 Å². The maximum absolute atomic E-state index is 12.1. The van der Waals surface area contributed by atoms with Crippen molar-refractivity contribution in [2.75, 3.05) is 0 Å². The zero-order chi connectivity index (χ0) is 21.0. The SMILES string of the molecule is C=C(/C=C\C(=C)C(C)CCC(C)C(C)CCC(C)CCCC)OC(F)(F)F. The topological polar surface area (TPSA) is 9.23 Å². The molecular formula is C23H39F3O. The van der Waals surface area contributed by atoms with Crippen molar-refractivity contribution in [1.29, 1.82) is 0 Å². The van der Waals surface area contributed by atoms with E-state index >= 15 is 0 Å². The van der Waals surface area contributed by atoms with E-state index in [2.05, 4.69) is 52.5 Å². The average Bonchev–Trinajstić information content (AvgIpc) is 2.58. The zero-order valence-electron chi connectivity index (χ0n) is 17.9. The second-order valence-electron chi connectivity index (χ2n) is 8.18. The second kappa shape index (κ2) is 13.1. The maximum Gasteiger partial charge on any atom is 0.573 e. The summed E-state index contributed by atoms with van der Waals surface area (Å²) in [5.41, 5.74) is 0.801. The van der Waals surface area contributed by atoms with Crippen molar-refractivity contribution < 1.29 is 17.9 Å². The lowest BCUT2D eigenvalue weighted by molar-refractivity contribution is -0.303. The highest BCUT2D eigenvalue weighted by Crippen LogP contribution is 2.28. The Morgan fingerprint density at radius 2 is 1.44 bits per heavy atom. The van der Waals surface area contributed by atoms with Crippen molar-refractivity contribution in [2.45, 2.75) is 85.9 Å². The van der Waals surface area contributed by atoms with E-state index in [0.29, 0.717) is 11.8 Å². The summed E-state index contributed by atoms with van der Waals surface area (Å²) in [6, 6.07) is 0. The molecule has 158 valence electrons. The van der Waals surface area contributed by atoms with Crippen LogP contribution in [-0.4, -0.2) is 6.36 Å². The fraction of sp³-hybridized carbons (Fsp3) is 0.739. The van der Waals surface area contributed by atoms with E-state index in [4.69, 9.17) is 0 Å². The molecule has 0 saturated heterocycles. The third-order valence-corrected chi connectivity index (χ3v) is 5.55. The third-order valence-electron chi connectivity index (χ3n) is 5.55. The van der Waals surface area contributed by atoms with E-state index in [9.17, 15) is 13.2 Å². The Balaban J connectivity index is 4.21. The molecule has 4 atom stereocenters. The molecule has 0 aromatic carbocycles. The maximum atomic E-state index is 12.1. The van der Waals surface area contributed by atoms with Crippen molar-refractivity contribution in [2.24, 2.45) is 23.7 Å². The molecule has 0 fully saturated rings. The number of halogens is 3. The van der Waals surface area contributed by atoms with Crippen LogP contribution in [0.3, 0.4) is 0 Å². The highest BCUT2D eigenvalue weighted by Gasteiger charge is 2.30. The lowest BCUT2D eigenvalue weighted by Crippen LogP contribution is -2.12. The minimum Gasteiger partial charge on any atom is -0.406 e. The van der Waals surface area contributed by atoms with Gasteiger partial charge in [-0.25, -0.2) is 0 Å². The van der Waals surface area contributed by atoms with Crippen LogP contribution in [0.25, 0.3) is 0 Å². The first-order chi connectivity index (χ1) is 12.5. The third kappa shape index (κ3) is 13.6. The molecule has 0 aliphatic rings. The van der Waals surface area contributed by atoms with Crippen LogP contribution in [-0.2, 0) is 4.74 Å². The average molecular weight is 389 g/mol. The molecule has 0 spiro atoms. The van der Waals surface area contributed by atoms with Crippen LogP contribution in [0.4, 0.5) is 13.2 Å². The lowest BCUT2D eigenvalue weighted by Gasteiger charge is -2.23. The van der Waals surface area contributed by atoms with Crippen LogP contribution in [0.5, 0.6) is 0 Å². The van der Waals surface area contributed by atoms with Crippen LogP contribution in [0.1, 0.15) is 79.6 Å². The Kier molecular flexibility index (Phi) is 12.5. The fourth-order valence-electron chi connectivity index (χ4n) is 3.06. The van der Waals surface area contributed by atoms with E-state index in [-0.39, 0.29) is 5.92 Å². The quantitative estimate of drug-likeness (QED) is 0.214. The Hall–Kier alpha value is -1.19. The molecular weight excluding hydrogens is 349 g/mol. The van der Waals surface area contributed by atoms with Gasteiger partial charge in [-0.2, -0.15) is 0 Å². The minimum absolute atomic E-state index is 0.220. The number of rotatable bonds is 14. The van der Waals surface area contributed by atoms with Crippen molar-refractivity contribution in [3.8, 4) is 0 Å². The number of allylic oxidation sites excluding steroid dienone is 3. The largest absolute Gasteiger partial charge is 0.573 e. The summed E-state index contributed by atoms with van der Waals surface area (Å²) in [5.74, 6) is 1.92. The molecule has 0 aliphatic carbocycles. The van der Waals surface area contributed by atoms with Crippen molar-refractivity contribution in [3.63, 3.8) is 0 Å². The van der Waals surface area contributed by atoms with Gasteiger partial charge in [0.25, 0.3) is 0 Å². The van der Waals surface area contributed by atoms with E-state index < -0.39 is 12.1 Å². The predicted molar refractivity (Wildman–Crippen MR) is 109 cm³/mol. The van der Waals surface area contributed by atoms with Gasteiger partial charge in [-0.3, -0.25) is 0 Å². The number of ether oxygens (including phenoxy) is 1. The highest BCUT2D eigenvalue weighted by atomic mass is 19.4. The molecule has 0 heterocycles. The summed E-state index contributed by atoms with van der Waals surface area (Å²) in [4.78, 5) is 0. The fourth-order valence-corrected chi connectivity index (χ4v) is 3.06. The van der Waals surface area contributed by atoms with Gasteiger partial charge >= 0.3 is 6.36 Å². The van der Waals surface area contributed by atoms with E-state index in [1.165, 1.54) is 38.2 Å². The number of hydrogen-bond acceptors (Lipinski definition) is 1. The van der Waals surface area contributed by atoms with Gasteiger partial charge in [0.1, 0.15) is 5.76 Å². The van der Waals surface area contributed by atoms with Gasteiger partial charge < -0.3 is 4.74 Å². The van der Waals surface area contributed by atoms with Gasteiger partial charge in [0.05, 0.1) is 0 Å². The first-order valence-electron chi connectivity index (χ1n) is 10.3. The Morgan fingerprint density at radius 1 is 0.889 bits per heavy atom. The molecule has 0 aliphatic heterocycles. The summed E-state index contributed by atoms with van der Waals surface area (Å²) in [7, 11) is 0. The molecule has 0 bridgehead atoms. The smallest absolute Gasteiger partial charge is 0.406 e. The van der Waals surface area contributed by atoms with Crippen LogP contribution in [0.2, 0.25) is 0 Å². The highest BCUT2D eigenvalue weighted by molar-refractivity contribution is 5.23. The molecule has 1 nitrogen and oxygen atoms in total. The number of hydrogen-bond donors (Lipinski definition) is 0. The summed E-state index contributed by atoms with van der Waals surface area (Å²) in [6.07, 6.45) is 6.64. The minimum atomic E-state index is -4.70. The first-order valence-corrected chi connectivity index (χ1v) is 10.3. The van der Waals surface area contributed by atoms with Crippen molar-refractivity contribution in [1.82, 2.24) is 0 Å². The Labute approximate surface area is 164 Å². The molecule has 0 N–H and O–H groups in total. The molecule has 0 rings (SSSR count). The number of unbranched alkanes of at least 4 members (excludes halogenated alkanes) is 1. The molecule has 0 aromatic rings. The summed E-state index contributed by atoms with van der Waals surface area (Å²) in [5, 5.41) is 0. The monoisotopic (exact) mass is 388 g/mol. The summed E-state index contributed by atoms with van der Waals surface area (Å²) < 4.78 is 40.1. The van der Waals surface area contributed by atoms with Gasteiger partial charge in [-0.1, -0.05) is 91.5 Å².